The number of hydrogen-bond acceptors (Lipinski definition) is 4. The lowest BCUT2D eigenvalue weighted by Crippen LogP contribution is -2.66. The van der Waals surface area contributed by atoms with E-state index in [1.54, 1.807) is 19.1 Å². The highest BCUT2D eigenvalue weighted by Crippen LogP contribution is 2.12. The van der Waals surface area contributed by atoms with Gasteiger partial charge in [0.15, 0.2) is 6.04 Å². The Morgan fingerprint density at radius 2 is 2.06 bits per heavy atom. The number of non-ortho nitro benzene ring substituents is 1. The third kappa shape index (κ3) is 3.84. The topological polar surface area (TPSA) is 97.1 Å². The number of esters is 1. The largest absolute Gasteiger partial charge is 0.462 e. The first kappa shape index (κ1) is 13.1. The summed E-state index contributed by atoms with van der Waals surface area (Å²) in [5.41, 5.74) is 4.56. The molecule has 0 fully saturated rings. The summed E-state index contributed by atoms with van der Waals surface area (Å²) >= 11 is 0. The molecule has 0 saturated carbocycles. The van der Waals surface area contributed by atoms with Crippen LogP contribution in [-0.4, -0.2) is 23.5 Å². The van der Waals surface area contributed by atoms with Gasteiger partial charge in [-0.25, -0.2) is 4.79 Å². The smallest absolute Gasteiger partial charge is 0.365 e. The Balaban J connectivity index is 2.63. The lowest BCUT2D eigenvalue weighted by atomic mass is 10.1. The molecule has 1 unspecified atom stereocenters. The quantitative estimate of drug-likeness (QED) is 0.454. The summed E-state index contributed by atoms with van der Waals surface area (Å²) in [7, 11) is 0. The van der Waals surface area contributed by atoms with Crippen molar-refractivity contribution >= 4 is 11.7 Å². The predicted octanol–water partition coefficient (Wildman–Crippen LogP) is 0.311. The Bertz CT molecular complexity index is 402. The van der Waals surface area contributed by atoms with Crippen LogP contribution in [0.2, 0.25) is 0 Å². The standard InChI is InChI=1S/C11H14N2O4/c1-2-17-11(14)10(12)7-8-3-5-9(6-4-8)13(15)16/h3-6,10H,2,7,12H2,1H3/p+1. The zero-order valence-corrected chi connectivity index (χ0v) is 9.59. The maximum atomic E-state index is 11.3. The van der Waals surface area contributed by atoms with Gasteiger partial charge in [0.05, 0.1) is 11.5 Å². The summed E-state index contributed by atoms with van der Waals surface area (Å²) in [5, 5.41) is 10.4. The number of benzene rings is 1. The second kappa shape index (κ2) is 5.95. The fourth-order valence-corrected chi connectivity index (χ4v) is 1.38. The fourth-order valence-electron chi connectivity index (χ4n) is 1.38. The molecule has 0 amide bonds. The fraction of sp³-hybridized carbons (Fsp3) is 0.364. The summed E-state index contributed by atoms with van der Waals surface area (Å²) in [5.74, 6) is -0.356. The van der Waals surface area contributed by atoms with Crippen molar-refractivity contribution in [2.24, 2.45) is 0 Å². The Labute approximate surface area is 98.5 Å². The summed E-state index contributed by atoms with van der Waals surface area (Å²) in [4.78, 5) is 21.3. The molecule has 0 saturated heterocycles. The lowest BCUT2D eigenvalue weighted by molar-refractivity contribution is -0.407. The van der Waals surface area contributed by atoms with Gasteiger partial charge >= 0.3 is 5.97 Å². The van der Waals surface area contributed by atoms with Crippen LogP contribution in [0.1, 0.15) is 12.5 Å². The molecular weight excluding hydrogens is 224 g/mol. The molecule has 1 rings (SSSR count). The van der Waals surface area contributed by atoms with E-state index in [1.807, 2.05) is 0 Å². The molecule has 0 aromatic heterocycles. The zero-order valence-electron chi connectivity index (χ0n) is 9.59. The second-order valence-electron chi connectivity index (χ2n) is 3.58. The minimum Gasteiger partial charge on any atom is -0.462 e. The minimum absolute atomic E-state index is 0.0329. The number of carbonyl (C=O) groups is 1. The van der Waals surface area contributed by atoms with Crippen LogP contribution >= 0.6 is 0 Å². The zero-order chi connectivity index (χ0) is 12.8. The van der Waals surface area contributed by atoms with Gasteiger partial charge in [-0.1, -0.05) is 12.1 Å². The van der Waals surface area contributed by atoms with Crippen LogP contribution in [0, 0.1) is 10.1 Å². The van der Waals surface area contributed by atoms with Gasteiger partial charge in [-0.15, -0.1) is 0 Å². The first-order valence-electron chi connectivity index (χ1n) is 5.27. The number of nitro groups is 1. The van der Waals surface area contributed by atoms with Gasteiger partial charge in [0.25, 0.3) is 5.69 Å². The van der Waals surface area contributed by atoms with Crippen LogP contribution in [0.4, 0.5) is 5.69 Å². The van der Waals surface area contributed by atoms with E-state index >= 15 is 0 Å². The van der Waals surface area contributed by atoms with Crippen molar-refractivity contribution in [3.05, 3.63) is 39.9 Å². The third-order valence-electron chi connectivity index (χ3n) is 2.25. The van der Waals surface area contributed by atoms with Gasteiger partial charge in [-0.3, -0.25) is 10.1 Å². The van der Waals surface area contributed by atoms with E-state index < -0.39 is 11.0 Å². The van der Waals surface area contributed by atoms with Gasteiger partial charge < -0.3 is 10.5 Å². The van der Waals surface area contributed by atoms with Gasteiger partial charge in [0, 0.05) is 18.6 Å². The average molecular weight is 239 g/mol. The van der Waals surface area contributed by atoms with E-state index in [4.69, 9.17) is 4.74 Å². The minimum atomic E-state index is -0.489. The Morgan fingerprint density at radius 1 is 1.47 bits per heavy atom. The molecule has 1 atom stereocenters. The number of quaternary nitrogens is 1. The van der Waals surface area contributed by atoms with Crippen LogP contribution in [0.15, 0.2) is 24.3 Å². The predicted molar refractivity (Wildman–Crippen MR) is 60.1 cm³/mol. The molecule has 0 bridgehead atoms. The van der Waals surface area contributed by atoms with Crippen molar-refractivity contribution in [1.29, 1.82) is 0 Å². The van der Waals surface area contributed by atoms with Crippen molar-refractivity contribution < 1.29 is 20.2 Å². The molecule has 0 spiro atoms. The molecule has 0 heterocycles. The van der Waals surface area contributed by atoms with Crippen LogP contribution in [0.5, 0.6) is 0 Å². The number of carbonyl (C=O) groups excluding carboxylic acids is 1. The molecule has 6 nitrogen and oxygen atoms in total. The normalized spacial score (nSPS) is 11.9. The van der Waals surface area contributed by atoms with Gasteiger partial charge in [0.1, 0.15) is 0 Å². The average Bonchev–Trinajstić information content (AvgIpc) is 2.30. The lowest BCUT2D eigenvalue weighted by Gasteiger charge is -2.07. The number of rotatable bonds is 5. The summed E-state index contributed by atoms with van der Waals surface area (Å²) in [6.45, 7) is 2.06. The highest BCUT2D eigenvalue weighted by Gasteiger charge is 2.19. The van der Waals surface area contributed by atoms with E-state index in [0.29, 0.717) is 13.0 Å². The van der Waals surface area contributed by atoms with E-state index in [-0.39, 0.29) is 11.7 Å². The Morgan fingerprint density at radius 3 is 2.53 bits per heavy atom. The van der Waals surface area contributed by atoms with Gasteiger partial charge in [-0.2, -0.15) is 0 Å². The highest BCUT2D eigenvalue weighted by molar-refractivity contribution is 5.74. The van der Waals surface area contributed by atoms with Crippen LogP contribution in [0.3, 0.4) is 0 Å². The maximum absolute atomic E-state index is 11.3. The van der Waals surface area contributed by atoms with Crippen molar-refractivity contribution in [3.63, 3.8) is 0 Å². The van der Waals surface area contributed by atoms with Gasteiger partial charge in [0.2, 0.25) is 0 Å². The van der Waals surface area contributed by atoms with Crippen LogP contribution in [-0.2, 0) is 16.0 Å². The summed E-state index contributed by atoms with van der Waals surface area (Å²) in [6.07, 6.45) is 0.414. The first-order valence-corrected chi connectivity index (χ1v) is 5.27. The van der Waals surface area contributed by atoms with Crippen LogP contribution in [0.25, 0.3) is 0 Å². The van der Waals surface area contributed by atoms with E-state index in [0.717, 1.165) is 5.56 Å². The summed E-state index contributed by atoms with van der Waals surface area (Å²) in [6, 6.07) is 5.57. The summed E-state index contributed by atoms with van der Waals surface area (Å²) < 4.78 is 4.83. The molecule has 0 radical (unpaired) electrons. The van der Waals surface area contributed by atoms with Crippen molar-refractivity contribution in [2.45, 2.75) is 19.4 Å². The first-order chi connectivity index (χ1) is 8.04. The molecule has 1 aromatic carbocycles. The molecule has 3 N–H and O–H groups in total. The Kier molecular flexibility index (Phi) is 4.59. The molecule has 1 aromatic rings. The number of nitro benzene ring substituents is 1. The SMILES string of the molecule is CCOC(=O)C([NH3+])Cc1ccc([N+](=O)[O-])cc1. The Hall–Kier alpha value is -1.95. The third-order valence-corrected chi connectivity index (χ3v) is 2.25. The highest BCUT2D eigenvalue weighted by atomic mass is 16.6. The van der Waals surface area contributed by atoms with E-state index in [9.17, 15) is 14.9 Å². The van der Waals surface area contributed by atoms with E-state index in [1.165, 1.54) is 12.1 Å². The van der Waals surface area contributed by atoms with Crippen molar-refractivity contribution in [1.82, 2.24) is 0 Å². The molecular formula is C11H15N2O4+. The molecule has 6 heteroatoms. The number of ether oxygens (including phenoxy) is 1. The molecule has 0 aliphatic heterocycles. The molecule has 0 aliphatic rings. The second-order valence-corrected chi connectivity index (χ2v) is 3.58. The van der Waals surface area contributed by atoms with Crippen molar-refractivity contribution in [2.75, 3.05) is 6.61 Å². The van der Waals surface area contributed by atoms with Gasteiger partial charge in [-0.05, 0) is 12.5 Å². The van der Waals surface area contributed by atoms with Crippen molar-refractivity contribution in [3.8, 4) is 0 Å². The maximum Gasteiger partial charge on any atom is 0.365 e. The number of nitrogens with zero attached hydrogens (tertiary/aromatic N) is 1. The number of hydrogen-bond donors (Lipinski definition) is 1. The molecule has 92 valence electrons. The van der Waals surface area contributed by atoms with E-state index in [2.05, 4.69) is 5.73 Å². The molecule has 17 heavy (non-hydrogen) atoms. The monoisotopic (exact) mass is 239 g/mol. The molecule has 0 aliphatic carbocycles. The van der Waals surface area contributed by atoms with Crippen LogP contribution < -0.4 is 5.73 Å².